The van der Waals surface area contributed by atoms with Gasteiger partial charge in [0.15, 0.2) is 0 Å². The van der Waals surface area contributed by atoms with Crippen molar-refractivity contribution >= 4 is 17.2 Å². The van der Waals surface area contributed by atoms with Crippen molar-refractivity contribution in [1.82, 2.24) is 9.88 Å². The van der Waals surface area contributed by atoms with Crippen molar-refractivity contribution in [2.45, 2.75) is 32.1 Å². The van der Waals surface area contributed by atoms with Gasteiger partial charge in [-0.2, -0.15) is 0 Å². The summed E-state index contributed by atoms with van der Waals surface area (Å²) in [6.07, 6.45) is 5.46. The van der Waals surface area contributed by atoms with Gasteiger partial charge in [0.05, 0.1) is 16.6 Å². The quantitative estimate of drug-likeness (QED) is 0.695. The highest BCUT2D eigenvalue weighted by Gasteiger charge is 2.26. The minimum absolute atomic E-state index is 0.342. The summed E-state index contributed by atoms with van der Waals surface area (Å²) in [7, 11) is 4.04. The Hall–Kier alpha value is -0.960. The Balaban J connectivity index is 2.37. The fraction of sp³-hybridized carbons (Fsp3) is 0.538. The third kappa shape index (κ3) is 2.09. The number of likely N-dealkylation sites (N-methyl/N-ethyl adjacent to an activating group) is 1. The van der Waals surface area contributed by atoms with E-state index in [1.807, 2.05) is 25.2 Å². The molecule has 1 aliphatic carbocycles. The number of hydrogen-bond acceptors (Lipinski definition) is 2. The molecular weight excluding hydrogens is 216 g/mol. The van der Waals surface area contributed by atoms with Crippen molar-refractivity contribution < 1.29 is 0 Å². The van der Waals surface area contributed by atoms with Crippen molar-refractivity contribution in [3.05, 3.63) is 29.1 Å². The van der Waals surface area contributed by atoms with E-state index in [2.05, 4.69) is 18.0 Å². The van der Waals surface area contributed by atoms with Gasteiger partial charge < -0.3 is 4.90 Å². The van der Waals surface area contributed by atoms with Crippen molar-refractivity contribution in [3.63, 3.8) is 0 Å². The summed E-state index contributed by atoms with van der Waals surface area (Å²) in [5.74, 6) is 0.342. The van der Waals surface area contributed by atoms with E-state index in [4.69, 9.17) is 12.2 Å². The van der Waals surface area contributed by atoms with Crippen LogP contribution in [0.1, 0.15) is 35.6 Å². The average molecular weight is 234 g/mol. The number of thiocarbonyl (C=S) groups is 1. The fourth-order valence-electron chi connectivity index (χ4n) is 2.34. The van der Waals surface area contributed by atoms with E-state index in [9.17, 15) is 0 Å². The Morgan fingerprint density at radius 2 is 2.25 bits per heavy atom. The summed E-state index contributed by atoms with van der Waals surface area (Å²) in [6, 6.07) is 2.26. The Bertz CT molecular complexity index is 412. The first kappa shape index (κ1) is 11.5. The van der Waals surface area contributed by atoms with Gasteiger partial charge >= 0.3 is 0 Å². The van der Waals surface area contributed by atoms with E-state index in [1.54, 1.807) is 0 Å². The molecule has 0 N–H and O–H groups in total. The number of hydrogen-bond donors (Lipinski definition) is 0. The van der Waals surface area contributed by atoms with Gasteiger partial charge in [0.1, 0.15) is 0 Å². The maximum Gasteiger partial charge on any atom is 0.0866 e. The number of fused-ring (bicyclic) bond motifs is 1. The van der Waals surface area contributed by atoms with Crippen LogP contribution in [0.25, 0.3) is 0 Å². The summed E-state index contributed by atoms with van der Waals surface area (Å²) in [5, 5.41) is 0. The molecule has 1 aromatic rings. The number of nitrogens with zero attached hydrogens (tertiary/aromatic N) is 2. The second kappa shape index (κ2) is 4.50. The van der Waals surface area contributed by atoms with Crippen molar-refractivity contribution in [3.8, 4) is 0 Å². The maximum atomic E-state index is 5.49. The van der Waals surface area contributed by atoms with Gasteiger partial charge in [-0.15, -0.1) is 0 Å². The molecule has 1 aromatic heterocycles. The van der Waals surface area contributed by atoms with Crippen LogP contribution in [0.3, 0.4) is 0 Å². The summed E-state index contributed by atoms with van der Waals surface area (Å²) in [6.45, 7) is 2.10. The second-order valence-corrected chi connectivity index (χ2v) is 5.15. The highest BCUT2D eigenvalue weighted by molar-refractivity contribution is 7.80. The SMILES string of the molecule is Cc1cnc2c(c1)CCC[C@@H]2C(=S)N(C)C. The van der Waals surface area contributed by atoms with Gasteiger partial charge in [-0.25, -0.2) is 0 Å². The highest BCUT2D eigenvalue weighted by atomic mass is 32.1. The Kier molecular flexibility index (Phi) is 3.24. The number of aromatic nitrogens is 1. The zero-order valence-corrected chi connectivity index (χ0v) is 11.0. The molecule has 0 radical (unpaired) electrons. The average Bonchev–Trinajstić information content (AvgIpc) is 2.26. The molecule has 0 saturated carbocycles. The lowest BCUT2D eigenvalue weighted by Crippen LogP contribution is -2.29. The lowest BCUT2D eigenvalue weighted by Gasteiger charge is -2.28. The van der Waals surface area contributed by atoms with Gasteiger partial charge in [0.25, 0.3) is 0 Å². The van der Waals surface area contributed by atoms with Gasteiger partial charge in [-0.1, -0.05) is 18.3 Å². The van der Waals surface area contributed by atoms with Gasteiger partial charge in [0.2, 0.25) is 0 Å². The molecule has 16 heavy (non-hydrogen) atoms. The van der Waals surface area contributed by atoms with Crippen LogP contribution in [-0.4, -0.2) is 29.0 Å². The van der Waals surface area contributed by atoms with Crippen LogP contribution < -0.4 is 0 Å². The molecule has 0 unspecified atom stereocenters. The minimum Gasteiger partial charge on any atom is -0.372 e. The van der Waals surface area contributed by atoms with E-state index >= 15 is 0 Å². The van der Waals surface area contributed by atoms with Crippen LogP contribution in [0.4, 0.5) is 0 Å². The van der Waals surface area contributed by atoms with E-state index < -0.39 is 0 Å². The largest absolute Gasteiger partial charge is 0.372 e. The minimum atomic E-state index is 0.342. The van der Waals surface area contributed by atoms with Crippen molar-refractivity contribution in [2.24, 2.45) is 0 Å². The molecule has 0 amide bonds. The van der Waals surface area contributed by atoms with Gasteiger partial charge in [0, 0.05) is 20.3 Å². The molecule has 0 fully saturated rings. The third-order valence-corrected chi connectivity index (χ3v) is 3.80. The zero-order valence-electron chi connectivity index (χ0n) is 10.2. The molecular formula is C13H18N2S. The van der Waals surface area contributed by atoms with Crippen LogP contribution >= 0.6 is 12.2 Å². The molecule has 2 rings (SSSR count). The summed E-state index contributed by atoms with van der Waals surface area (Å²) >= 11 is 5.49. The first-order valence-electron chi connectivity index (χ1n) is 5.76. The highest BCUT2D eigenvalue weighted by Crippen LogP contribution is 2.32. The first-order chi connectivity index (χ1) is 7.59. The molecule has 0 aliphatic heterocycles. The van der Waals surface area contributed by atoms with E-state index in [0.29, 0.717) is 5.92 Å². The Morgan fingerprint density at radius 3 is 2.94 bits per heavy atom. The first-order valence-corrected chi connectivity index (χ1v) is 6.17. The Morgan fingerprint density at radius 1 is 1.50 bits per heavy atom. The number of aryl methyl sites for hydroxylation is 2. The van der Waals surface area contributed by atoms with E-state index in [1.165, 1.54) is 23.2 Å². The molecule has 1 heterocycles. The molecule has 0 spiro atoms. The Labute approximate surface area is 103 Å². The summed E-state index contributed by atoms with van der Waals surface area (Å²) < 4.78 is 0. The van der Waals surface area contributed by atoms with E-state index in [-0.39, 0.29) is 0 Å². The lowest BCUT2D eigenvalue weighted by molar-refractivity contribution is 0.555. The van der Waals surface area contributed by atoms with Crippen LogP contribution in [0, 0.1) is 6.92 Å². The lowest BCUT2D eigenvalue weighted by atomic mass is 9.86. The molecule has 86 valence electrons. The van der Waals surface area contributed by atoms with Crippen molar-refractivity contribution in [2.75, 3.05) is 14.1 Å². The monoisotopic (exact) mass is 234 g/mol. The van der Waals surface area contributed by atoms with Crippen LogP contribution in [0.15, 0.2) is 12.3 Å². The molecule has 1 atom stereocenters. The molecule has 0 bridgehead atoms. The zero-order chi connectivity index (χ0) is 11.7. The summed E-state index contributed by atoms with van der Waals surface area (Å²) in [5.41, 5.74) is 3.84. The predicted molar refractivity (Wildman–Crippen MR) is 70.9 cm³/mol. The normalized spacial score (nSPS) is 19.1. The van der Waals surface area contributed by atoms with Crippen LogP contribution in [-0.2, 0) is 6.42 Å². The molecule has 1 aliphatic rings. The topological polar surface area (TPSA) is 16.1 Å². The smallest absolute Gasteiger partial charge is 0.0866 e. The number of pyridine rings is 1. The van der Waals surface area contributed by atoms with E-state index in [0.717, 1.165) is 17.8 Å². The third-order valence-electron chi connectivity index (χ3n) is 3.15. The second-order valence-electron chi connectivity index (χ2n) is 4.73. The predicted octanol–water partition coefficient (Wildman–Crippen LogP) is 2.70. The van der Waals surface area contributed by atoms with Crippen LogP contribution in [0.2, 0.25) is 0 Å². The summed E-state index contributed by atoms with van der Waals surface area (Å²) in [4.78, 5) is 7.64. The fourth-order valence-corrected chi connectivity index (χ4v) is 2.57. The number of rotatable bonds is 1. The molecule has 0 aromatic carbocycles. The van der Waals surface area contributed by atoms with Crippen LogP contribution in [0.5, 0.6) is 0 Å². The van der Waals surface area contributed by atoms with Gasteiger partial charge in [-0.3, -0.25) is 4.98 Å². The molecule has 2 nitrogen and oxygen atoms in total. The molecule has 0 saturated heterocycles. The van der Waals surface area contributed by atoms with Gasteiger partial charge in [-0.05, 0) is 37.3 Å². The standard InChI is InChI=1S/C13H18N2S/c1-9-7-10-5-4-6-11(12(10)14-8-9)13(16)15(2)3/h7-8,11H,4-6H2,1-3H3/t11-/m0/s1. The molecule has 3 heteroatoms. The van der Waals surface area contributed by atoms with Crippen molar-refractivity contribution in [1.29, 1.82) is 0 Å². The maximum absolute atomic E-state index is 5.49.